The number of terminal acetylenes is 1. The lowest BCUT2D eigenvalue weighted by molar-refractivity contribution is 0.186. The van der Waals surface area contributed by atoms with Crippen LogP contribution in [-0.2, 0) is 9.47 Å². The number of aliphatic hydroxyl groups is 2. The Morgan fingerprint density at radius 1 is 1.31 bits per heavy atom. The van der Waals surface area contributed by atoms with Crippen molar-refractivity contribution in [1.29, 1.82) is 0 Å². The van der Waals surface area contributed by atoms with E-state index in [1.807, 2.05) is 0 Å². The Balaban J connectivity index is 0.000000168. The number of epoxide rings is 2. The number of hydrogen-bond donors (Lipinski definition) is 2. The van der Waals surface area contributed by atoms with Crippen LogP contribution in [0.1, 0.15) is 6.92 Å². The summed E-state index contributed by atoms with van der Waals surface area (Å²) in [6.45, 7) is 3.57. The van der Waals surface area contributed by atoms with Gasteiger partial charge in [0, 0.05) is 0 Å². The molecule has 0 aromatic rings. The first-order valence-corrected chi connectivity index (χ1v) is 4.15. The van der Waals surface area contributed by atoms with Crippen molar-refractivity contribution in [3.8, 4) is 12.3 Å². The molecule has 2 unspecified atom stereocenters. The zero-order valence-electron chi connectivity index (χ0n) is 7.77. The summed E-state index contributed by atoms with van der Waals surface area (Å²) >= 11 is 0. The maximum absolute atomic E-state index is 7.62. The van der Waals surface area contributed by atoms with Gasteiger partial charge in [0.2, 0.25) is 0 Å². The third-order valence-electron chi connectivity index (χ3n) is 1.12. The first-order chi connectivity index (χ1) is 6.24. The van der Waals surface area contributed by atoms with Crippen LogP contribution in [0.5, 0.6) is 0 Å². The van der Waals surface area contributed by atoms with Crippen LogP contribution in [0, 0.1) is 12.3 Å². The molecule has 0 aromatic heterocycles. The van der Waals surface area contributed by atoms with E-state index in [0.29, 0.717) is 6.10 Å². The molecule has 76 valence electrons. The SMILES string of the molecule is C#CC1CO1.CC1CO1.OCCO. The van der Waals surface area contributed by atoms with E-state index in [1.54, 1.807) is 0 Å². The Bertz CT molecular complexity index is 142. The molecule has 2 N–H and O–H groups in total. The highest BCUT2D eigenvalue weighted by atomic mass is 16.6. The molecule has 2 aliphatic heterocycles. The Hall–Kier alpha value is -0.600. The lowest BCUT2D eigenvalue weighted by Crippen LogP contribution is -1.85. The Kier molecular flexibility index (Phi) is 7.65. The van der Waals surface area contributed by atoms with Gasteiger partial charge in [-0.2, -0.15) is 0 Å². The summed E-state index contributed by atoms with van der Waals surface area (Å²) in [6.07, 6.45) is 5.60. The van der Waals surface area contributed by atoms with E-state index < -0.39 is 0 Å². The summed E-state index contributed by atoms with van der Waals surface area (Å²) < 4.78 is 9.33. The lowest BCUT2D eigenvalue weighted by Gasteiger charge is -1.70. The minimum Gasteiger partial charge on any atom is -0.394 e. The second kappa shape index (κ2) is 8.02. The fourth-order valence-corrected chi connectivity index (χ4v) is 0.241. The standard InChI is InChI=1S/C4H4O.C3H6O.C2H6O2/c1-2-4-3-5-4;1-3-2-4-3;3-1-2-4/h1,4H,3H2;3H,2H2,1H3;3-4H,1-2H2. The molecule has 2 atom stereocenters. The summed E-state index contributed by atoms with van der Waals surface area (Å²) in [5, 5.41) is 15.2. The predicted molar refractivity (Wildman–Crippen MR) is 48.2 cm³/mol. The maximum atomic E-state index is 7.62. The topological polar surface area (TPSA) is 65.5 Å². The molecule has 13 heavy (non-hydrogen) atoms. The van der Waals surface area contributed by atoms with Crippen molar-refractivity contribution in [3.05, 3.63) is 0 Å². The average Bonchev–Trinajstić information content (AvgIpc) is 2.99. The molecule has 0 aliphatic carbocycles. The highest BCUT2D eigenvalue weighted by Gasteiger charge is 2.17. The lowest BCUT2D eigenvalue weighted by atomic mass is 10.5. The zero-order valence-corrected chi connectivity index (χ0v) is 7.77. The van der Waals surface area contributed by atoms with Crippen molar-refractivity contribution in [3.63, 3.8) is 0 Å². The van der Waals surface area contributed by atoms with Gasteiger partial charge in [-0.1, -0.05) is 5.92 Å². The van der Waals surface area contributed by atoms with Crippen molar-refractivity contribution in [2.75, 3.05) is 26.4 Å². The molecule has 2 aliphatic rings. The van der Waals surface area contributed by atoms with Gasteiger partial charge in [-0.15, -0.1) is 6.42 Å². The quantitative estimate of drug-likeness (QED) is 0.426. The van der Waals surface area contributed by atoms with Crippen molar-refractivity contribution in [2.45, 2.75) is 19.1 Å². The monoisotopic (exact) mass is 188 g/mol. The molecule has 0 spiro atoms. The van der Waals surface area contributed by atoms with Crippen LogP contribution in [-0.4, -0.2) is 48.8 Å². The van der Waals surface area contributed by atoms with E-state index in [4.69, 9.17) is 21.4 Å². The molecule has 4 heteroatoms. The van der Waals surface area contributed by atoms with Gasteiger partial charge in [-0.25, -0.2) is 0 Å². The molecule has 0 saturated carbocycles. The van der Waals surface area contributed by atoms with Gasteiger partial charge in [0.1, 0.15) is 6.10 Å². The highest BCUT2D eigenvalue weighted by Crippen LogP contribution is 2.04. The zero-order chi connectivity index (χ0) is 10.1. The normalized spacial score (nSPS) is 26.9. The fourth-order valence-electron chi connectivity index (χ4n) is 0.241. The van der Waals surface area contributed by atoms with E-state index in [0.717, 1.165) is 13.2 Å². The molecule has 0 bridgehead atoms. The van der Waals surface area contributed by atoms with Gasteiger partial charge in [0.25, 0.3) is 0 Å². The molecule has 4 nitrogen and oxygen atoms in total. The van der Waals surface area contributed by atoms with Gasteiger partial charge >= 0.3 is 0 Å². The first kappa shape index (κ1) is 12.4. The summed E-state index contributed by atoms with van der Waals surface area (Å²) in [7, 11) is 0. The van der Waals surface area contributed by atoms with E-state index in [2.05, 4.69) is 17.6 Å². The number of ether oxygens (including phenoxy) is 2. The van der Waals surface area contributed by atoms with Crippen LogP contribution in [0.3, 0.4) is 0 Å². The first-order valence-electron chi connectivity index (χ1n) is 4.15. The van der Waals surface area contributed by atoms with E-state index in [9.17, 15) is 0 Å². The van der Waals surface area contributed by atoms with E-state index in [1.165, 1.54) is 0 Å². The maximum Gasteiger partial charge on any atom is 0.141 e. The summed E-state index contributed by atoms with van der Waals surface area (Å²) in [5.74, 6) is 2.42. The van der Waals surface area contributed by atoms with Gasteiger partial charge in [0.15, 0.2) is 0 Å². The number of rotatable bonds is 1. The second-order valence-electron chi connectivity index (χ2n) is 2.58. The summed E-state index contributed by atoms with van der Waals surface area (Å²) in [6, 6.07) is 0. The van der Waals surface area contributed by atoms with Crippen molar-refractivity contribution in [2.24, 2.45) is 0 Å². The number of aliphatic hydroxyl groups excluding tert-OH is 2. The molecule has 0 radical (unpaired) electrons. The summed E-state index contributed by atoms with van der Waals surface area (Å²) in [4.78, 5) is 0. The second-order valence-corrected chi connectivity index (χ2v) is 2.58. The van der Waals surface area contributed by atoms with Gasteiger partial charge in [-0.3, -0.25) is 0 Å². The van der Waals surface area contributed by atoms with Crippen LogP contribution in [0.25, 0.3) is 0 Å². The smallest absolute Gasteiger partial charge is 0.141 e. The van der Waals surface area contributed by atoms with Crippen LogP contribution >= 0.6 is 0 Å². The van der Waals surface area contributed by atoms with Crippen molar-refractivity contribution < 1.29 is 19.7 Å². The van der Waals surface area contributed by atoms with Crippen LogP contribution in [0.4, 0.5) is 0 Å². The van der Waals surface area contributed by atoms with Gasteiger partial charge in [0.05, 0.1) is 32.5 Å². The van der Waals surface area contributed by atoms with Crippen LogP contribution < -0.4 is 0 Å². The minimum absolute atomic E-state index is 0.125. The molecule has 2 rings (SSSR count). The van der Waals surface area contributed by atoms with Gasteiger partial charge < -0.3 is 19.7 Å². The van der Waals surface area contributed by atoms with E-state index >= 15 is 0 Å². The predicted octanol–water partition coefficient (Wildman–Crippen LogP) is -0.606. The van der Waals surface area contributed by atoms with Gasteiger partial charge in [-0.05, 0) is 6.92 Å². The Morgan fingerprint density at radius 2 is 1.69 bits per heavy atom. The molecule has 2 saturated heterocycles. The van der Waals surface area contributed by atoms with Crippen molar-refractivity contribution >= 4 is 0 Å². The molecule has 0 aromatic carbocycles. The Morgan fingerprint density at radius 3 is 1.69 bits per heavy atom. The van der Waals surface area contributed by atoms with Crippen LogP contribution in [0.15, 0.2) is 0 Å². The molecule has 0 amide bonds. The third kappa shape index (κ3) is 14.3. The molecular formula is C9H16O4. The highest BCUT2D eigenvalue weighted by molar-refractivity contribution is 5.00. The molecular weight excluding hydrogens is 172 g/mol. The Labute approximate surface area is 78.5 Å². The minimum atomic E-state index is -0.125. The molecule has 2 fully saturated rings. The average molecular weight is 188 g/mol. The largest absolute Gasteiger partial charge is 0.394 e. The number of hydrogen-bond acceptors (Lipinski definition) is 4. The third-order valence-corrected chi connectivity index (χ3v) is 1.12. The van der Waals surface area contributed by atoms with Crippen molar-refractivity contribution in [1.82, 2.24) is 0 Å². The van der Waals surface area contributed by atoms with E-state index in [-0.39, 0.29) is 19.3 Å². The summed E-state index contributed by atoms with van der Waals surface area (Å²) in [5.41, 5.74) is 0. The fraction of sp³-hybridized carbons (Fsp3) is 0.778. The van der Waals surface area contributed by atoms with Crippen LogP contribution in [0.2, 0.25) is 0 Å². The molecule has 2 heterocycles.